The van der Waals surface area contributed by atoms with Crippen molar-refractivity contribution in [3.63, 3.8) is 0 Å². The van der Waals surface area contributed by atoms with Crippen molar-refractivity contribution < 1.29 is 9.47 Å². The van der Waals surface area contributed by atoms with Crippen molar-refractivity contribution in [3.05, 3.63) is 86.3 Å². The van der Waals surface area contributed by atoms with Gasteiger partial charge in [0.15, 0.2) is 11.5 Å². The van der Waals surface area contributed by atoms with Crippen molar-refractivity contribution in [1.82, 2.24) is 0 Å². The lowest BCUT2D eigenvalue weighted by molar-refractivity contribution is 0.282. The summed E-state index contributed by atoms with van der Waals surface area (Å²) in [6.07, 6.45) is 0. The first-order valence-corrected chi connectivity index (χ1v) is 9.84. The number of ether oxygens (including phenoxy) is 2. The van der Waals surface area contributed by atoms with Crippen LogP contribution < -0.4 is 14.8 Å². The number of nitrogens with one attached hydrogen (secondary N) is 1. The van der Waals surface area contributed by atoms with Crippen molar-refractivity contribution in [2.24, 2.45) is 0 Å². The highest BCUT2D eigenvalue weighted by molar-refractivity contribution is 9.10. The summed E-state index contributed by atoms with van der Waals surface area (Å²) in [5, 5.41) is 4.55. The number of anilines is 1. The molecule has 0 saturated carbocycles. The van der Waals surface area contributed by atoms with Gasteiger partial charge in [0.2, 0.25) is 0 Å². The molecule has 0 heterocycles. The van der Waals surface area contributed by atoms with E-state index in [0.29, 0.717) is 34.7 Å². The molecule has 3 rings (SSSR count). The second-order valence-electron chi connectivity index (χ2n) is 5.85. The number of para-hydroxylation sites is 1. The number of methoxy groups -OCH3 is 1. The van der Waals surface area contributed by atoms with Gasteiger partial charge in [-0.25, -0.2) is 0 Å². The molecule has 0 fully saturated rings. The highest BCUT2D eigenvalue weighted by Gasteiger charge is 2.13. The first kappa shape index (κ1) is 19.9. The molecule has 0 aliphatic heterocycles. The second-order valence-corrected chi connectivity index (χ2v) is 7.55. The van der Waals surface area contributed by atoms with Crippen LogP contribution >= 0.6 is 39.1 Å². The van der Waals surface area contributed by atoms with Crippen LogP contribution in [0.5, 0.6) is 11.5 Å². The minimum absolute atomic E-state index is 0.312. The normalized spacial score (nSPS) is 10.5. The van der Waals surface area contributed by atoms with Crippen LogP contribution in [0.15, 0.2) is 65.1 Å². The lowest BCUT2D eigenvalue weighted by atomic mass is 10.2. The average Bonchev–Trinajstić information content (AvgIpc) is 2.67. The van der Waals surface area contributed by atoms with Crippen LogP contribution in [0.1, 0.15) is 11.1 Å². The van der Waals surface area contributed by atoms with Gasteiger partial charge in [0.05, 0.1) is 11.6 Å². The highest BCUT2D eigenvalue weighted by atomic mass is 79.9. The quantitative estimate of drug-likeness (QED) is 0.408. The van der Waals surface area contributed by atoms with Gasteiger partial charge in [-0.15, -0.1) is 0 Å². The molecule has 0 aliphatic rings. The molecule has 0 aromatic heterocycles. The van der Waals surface area contributed by atoms with Gasteiger partial charge in [-0.3, -0.25) is 0 Å². The predicted molar refractivity (Wildman–Crippen MR) is 115 cm³/mol. The maximum atomic E-state index is 6.22. The summed E-state index contributed by atoms with van der Waals surface area (Å²) in [6.45, 7) is 0.981. The molecule has 0 atom stereocenters. The summed E-state index contributed by atoms with van der Waals surface area (Å²) in [4.78, 5) is 0. The average molecular weight is 467 g/mol. The number of hydrogen-bond acceptors (Lipinski definition) is 3. The maximum absolute atomic E-state index is 6.22. The van der Waals surface area contributed by atoms with Crippen molar-refractivity contribution in [3.8, 4) is 11.5 Å². The number of hydrogen-bond donors (Lipinski definition) is 1. The third-order valence-corrected chi connectivity index (χ3v) is 5.12. The Morgan fingerprint density at radius 3 is 2.48 bits per heavy atom. The lowest BCUT2D eigenvalue weighted by Gasteiger charge is -2.15. The molecule has 3 aromatic rings. The molecular weight excluding hydrogens is 449 g/mol. The van der Waals surface area contributed by atoms with E-state index >= 15 is 0 Å². The number of halogens is 3. The van der Waals surface area contributed by atoms with Gasteiger partial charge in [0.25, 0.3) is 0 Å². The molecule has 1 N–H and O–H groups in total. The molecule has 6 heteroatoms. The zero-order valence-corrected chi connectivity index (χ0v) is 17.7. The zero-order chi connectivity index (χ0) is 19.2. The second kappa shape index (κ2) is 9.36. The summed E-state index contributed by atoms with van der Waals surface area (Å²) < 4.78 is 12.3. The van der Waals surface area contributed by atoms with E-state index in [-0.39, 0.29) is 0 Å². The van der Waals surface area contributed by atoms with Crippen molar-refractivity contribution in [2.75, 3.05) is 12.4 Å². The predicted octanol–water partition coefficient (Wildman–Crippen LogP) is 6.96. The Morgan fingerprint density at radius 1 is 1.00 bits per heavy atom. The van der Waals surface area contributed by atoms with Crippen LogP contribution in [0.4, 0.5) is 5.69 Å². The molecule has 0 spiro atoms. The van der Waals surface area contributed by atoms with Gasteiger partial charge in [0.1, 0.15) is 6.61 Å². The molecule has 3 aromatic carbocycles. The van der Waals surface area contributed by atoms with Crippen LogP contribution in [-0.2, 0) is 13.2 Å². The Hall–Kier alpha value is -1.88. The monoisotopic (exact) mass is 465 g/mol. The van der Waals surface area contributed by atoms with Crippen LogP contribution in [0, 0.1) is 0 Å². The van der Waals surface area contributed by atoms with E-state index in [1.54, 1.807) is 19.2 Å². The van der Waals surface area contributed by atoms with Gasteiger partial charge in [-0.2, -0.15) is 0 Å². The molecule has 0 aliphatic carbocycles. The molecule has 0 unspecified atom stereocenters. The molecule has 3 nitrogen and oxygen atoms in total. The Kier molecular flexibility index (Phi) is 6.89. The van der Waals surface area contributed by atoms with Crippen LogP contribution in [0.25, 0.3) is 0 Å². The topological polar surface area (TPSA) is 30.5 Å². The minimum Gasteiger partial charge on any atom is -0.493 e. The molecule has 140 valence electrons. The summed E-state index contributed by atoms with van der Waals surface area (Å²) in [5.41, 5.74) is 2.98. The standard InChI is InChI=1S/C21H18BrCl2NO2/c1-26-20-10-14(12-25-17-5-3-2-4-6-17)9-18(22)21(20)27-13-15-7-8-16(23)11-19(15)24/h2-11,25H,12-13H2,1H3. The minimum atomic E-state index is 0.312. The molecule has 0 saturated heterocycles. The van der Waals surface area contributed by atoms with Gasteiger partial charge < -0.3 is 14.8 Å². The van der Waals surface area contributed by atoms with E-state index in [0.717, 1.165) is 21.3 Å². The van der Waals surface area contributed by atoms with E-state index < -0.39 is 0 Å². The van der Waals surface area contributed by atoms with E-state index in [1.165, 1.54) is 0 Å². The summed E-state index contributed by atoms with van der Waals surface area (Å²) in [6, 6.07) is 19.3. The fraction of sp³-hybridized carbons (Fsp3) is 0.143. The first-order chi connectivity index (χ1) is 13.1. The van der Waals surface area contributed by atoms with E-state index in [1.807, 2.05) is 48.5 Å². The smallest absolute Gasteiger partial charge is 0.175 e. The van der Waals surface area contributed by atoms with Crippen molar-refractivity contribution in [1.29, 1.82) is 0 Å². The fourth-order valence-electron chi connectivity index (χ4n) is 2.56. The molecule has 0 amide bonds. The molecule has 27 heavy (non-hydrogen) atoms. The van der Waals surface area contributed by atoms with Crippen LogP contribution in [0.3, 0.4) is 0 Å². The van der Waals surface area contributed by atoms with E-state index in [9.17, 15) is 0 Å². The van der Waals surface area contributed by atoms with Crippen LogP contribution in [0.2, 0.25) is 10.0 Å². The van der Waals surface area contributed by atoms with Gasteiger partial charge >= 0.3 is 0 Å². The Morgan fingerprint density at radius 2 is 1.78 bits per heavy atom. The van der Waals surface area contributed by atoms with Gasteiger partial charge in [-0.1, -0.05) is 47.5 Å². The maximum Gasteiger partial charge on any atom is 0.175 e. The Balaban J connectivity index is 1.73. The molecule has 0 bridgehead atoms. The molecule has 0 radical (unpaired) electrons. The van der Waals surface area contributed by atoms with E-state index in [4.69, 9.17) is 32.7 Å². The molecular formula is C21H18BrCl2NO2. The third kappa shape index (κ3) is 5.32. The summed E-state index contributed by atoms with van der Waals surface area (Å²) >= 11 is 15.7. The SMILES string of the molecule is COc1cc(CNc2ccccc2)cc(Br)c1OCc1ccc(Cl)cc1Cl. The van der Waals surface area contributed by atoms with Gasteiger partial charge in [-0.05, 0) is 57.9 Å². The first-order valence-electron chi connectivity index (χ1n) is 8.29. The summed E-state index contributed by atoms with van der Waals surface area (Å²) in [5.74, 6) is 1.28. The zero-order valence-electron chi connectivity index (χ0n) is 14.6. The van der Waals surface area contributed by atoms with Crippen LogP contribution in [-0.4, -0.2) is 7.11 Å². The van der Waals surface area contributed by atoms with Crippen molar-refractivity contribution >= 4 is 44.8 Å². The largest absolute Gasteiger partial charge is 0.493 e. The lowest BCUT2D eigenvalue weighted by Crippen LogP contribution is -2.03. The van der Waals surface area contributed by atoms with Gasteiger partial charge in [0, 0.05) is 27.8 Å². The highest BCUT2D eigenvalue weighted by Crippen LogP contribution is 2.38. The Bertz CT molecular complexity index is 920. The summed E-state index contributed by atoms with van der Waals surface area (Å²) in [7, 11) is 1.62. The van der Waals surface area contributed by atoms with E-state index in [2.05, 4.69) is 21.2 Å². The fourth-order valence-corrected chi connectivity index (χ4v) is 3.63. The number of rotatable bonds is 7. The number of benzene rings is 3. The van der Waals surface area contributed by atoms with Crippen molar-refractivity contribution in [2.45, 2.75) is 13.2 Å². The Labute approximate surface area is 177 Å². The third-order valence-electron chi connectivity index (χ3n) is 3.95.